The fourth-order valence-electron chi connectivity index (χ4n) is 1.30. The standard InChI is InChI=1S/C11H13NO3/c1-7(13)8-4-5-9(11(14)15)10(6-8)12(2)3/h4-6H,1-3H3,(H,14,15). The third-order valence-electron chi connectivity index (χ3n) is 2.12. The van der Waals surface area contributed by atoms with Crippen LogP contribution >= 0.6 is 0 Å². The van der Waals surface area contributed by atoms with Crippen LogP contribution in [0.4, 0.5) is 5.69 Å². The molecule has 0 bridgehead atoms. The van der Waals surface area contributed by atoms with Crippen LogP contribution in [0.5, 0.6) is 0 Å². The van der Waals surface area contributed by atoms with Gasteiger partial charge in [0.2, 0.25) is 0 Å². The highest BCUT2D eigenvalue weighted by Crippen LogP contribution is 2.20. The van der Waals surface area contributed by atoms with E-state index in [1.165, 1.54) is 19.1 Å². The minimum absolute atomic E-state index is 0.0740. The van der Waals surface area contributed by atoms with Crippen LogP contribution in [-0.4, -0.2) is 31.0 Å². The van der Waals surface area contributed by atoms with Gasteiger partial charge in [-0.2, -0.15) is 0 Å². The van der Waals surface area contributed by atoms with Crippen molar-refractivity contribution in [3.63, 3.8) is 0 Å². The lowest BCUT2D eigenvalue weighted by Gasteiger charge is -2.16. The van der Waals surface area contributed by atoms with Crippen LogP contribution < -0.4 is 4.90 Å². The summed E-state index contributed by atoms with van der Waals surface area (Å²) >= 11 is 0. The Balaban J connectivity index is 3.33. The Kier molecular flexibility index (Phi) is 3.09. The maximum absolute atomic E-state index is 11.1. The second kappa shape index (κ2) is 4.13. The van der Waals surface area contributed by atoms with Gasteiger partial charge in [0.25, 0.3) is 0 Å². The van der Waals surface area contributed by atoms with Gasteiger partial charge in [-0.3, -0.25) is 4.79 Å². The summed E-state index contributed by atoms with van der Waals surface area (Å²) in [5.41, 5.74) is 1.25. The highest BCUT2D eigenvalue weighted by atomic mass is 16.4. The van der Waals surface area contributed by atoms with Gasteiger partial charge >= 0.3 is 5.97 Å². The van der Waals surface area contributed by atoms with Gasteiger partial charge in [-0.25, -0.2) is 4.79 Å². The molecular formula is C11H13NO3. The van der Waals surface area contributed by atoms with Crippen LogP contribution in [0.1, 0.15) is 27.6 Å². The molecule has 0 saturated heterocycles. The Hall–Kier alpha value is -1.84. The fourth-order valence-corrected chi connectivity index (χ4v) is 1.30. The summed E-state index contributed by atoms with van der Waals surface area (Å²) in [6.45, 7) is 1.45. The van der Waals surface area contributed by atoms with Crippen molar-refractivity contribution in [1.82, 2.24) is 0 Å². The summed E-state index contributed by atoms with van der Waals surface area (Å²) in [4.78, 5) is 23.7. The Bertz CT molecular complexity index is 410. The first-order chi connectivity index (χ1) is 6.93. The Labute approximate surface area is 88.1 Å². The first-order valence-corrected chi connectivity index (χ1v) is 4.49. The number of carbonyl (C=O) groups excluding carboxylic acids is 1. The molecule has 4 nitrogen and oxygen atoms in total. The lowest BCUT2D eigenvalue weighted by Crippen LogP contribution is -2.14. The molecule has 0 radical (unpaired) electrons. The second-order valence-corrected chi connectivity index (χ2v) is 3.49. The molecule has 1 aromatic carbocycles. The molecule has 0 aliphatic carbocycles. The third-order valence-corrected chi connectivity index (χ3v) is 2.12. The fraction of sp³-hybridized carbons (Fsp3) is 0.273. The van der Waals surface area contributed by atoms with Crippen LogP contribution in [0, 0.1) is 0 Å². The number of hydrogen-bond donors (Lipinski definition) is 1. The molecule has 0 atom stereocenters. The number of carbonyl (C=O) groups is 2. The second-order valence-electron chi connectivity index (χ2n) is 3.49. The third kappa shape index (κ3) is 2.34. The summed E-state index contributed by atoms with van der Waals surface area (Å²) in [5, 5.41) is 8.93. The zero-order valence-electron chi connectivity index (χ0n) is 8.94. The van der Waals surface area contributed by atoms with Crippen molar-refractivity contribution in [2.45, 2.75) is 6.92 Å². The van der Waals surface area contributed by atoms with Crippen molar-refractivity contribution in [2.24, 2.45) is 0 Å². The summed E-state index contributed by atoms with van der Waals surface area (Å²) < 4.78 is 0. The molecule has 1 aromatic rings. The summed E-state index contributed by atoms with van der Waals surface area (Å²) in [6.07, 6.45) is 0. The monoisotopic (exact) mass is 207 g/mol. The molecule has 1 N–H and O–H groups in total. The van der Waals surface area contributed by atoms with Crippen LogP contribution in [0.3, 0.4) is 0 Å². The molecule has 0 amide bonds. The molecule has 0 saturated carbocycles. The number of rotatable bonds is 3. The van der Waals surface area contributed by atoms with Gasteiger partial charge in [-0.15, -0.1) is 0 Å². The molecule has 1 rings (SSSR count). The van der Waals surface area contributed by atoms with Crippen LogP contribution in [-0.2, 0) is 0 Å². The maximum Gasteiger partial charge on any atom is 0.337 e. The number of aromatic carboxylic acids is 1. The molecule has 0 unspecified atom stereocenters. The molecule has 4 heteroatoms. The van der Waals surface area contributed by atoms with Crippen molar-refractivity contribution < 1.29 is 14.7 Å². The van der Waals surface area contributed by atoms with Crippen LogP contribution in [0.2, 0.25) is 0 Å². The van der Waals surface area contributed by atoms with E-state index in [0.717, 1.165) is 0 Å². The number of carboxylic acids is 1. The van der Waals surface area contributed by atoms with Crippen LogP contribution in [0.25, 0.3) is 0 Å². The van der Waals surface area contributed by atoms with E-state index in [2.05, 4.69) is 0 Å². The SMILES string of the molecule is CC(=O)c1ccc(C(=O)O)c(N(C)C)c1. The van der Waals surface area contributed by atoms with E-state index in [1.807, 2.05) is 0 Å². The minimum Gasteiger partial charge on any atom is -0.478 e. The van der Waals surface area contributed by atoms with Gasteiger partial charge in [-0.1, -0.05) is 6.07 Å². The smallest absolute Gasteiger partial charge is 0.337 e. The topological polar surface area (TPSA) is 57.6 Å². The lowest BCUT2D eigenvalue weighted by molar-refractivity contribution is 0.0697. The normalized spacial score (nSPS) is 9.80. The zero-order chi connectivity index (χ0) is 11.6. The van der Waals surface area contributed by atoms with E-state index >= 15 is 0 Å². The number of ketones is 1. The molecule has 0 aromatic heterocycles. The van der Waals surface area contributed by atoms with Crippen molar-refractivity contribution in [3.8, 4) is 0 Å². The molecule has 0 aliphatic rings. The largest absolute Gasteiger partial charge is 0.478 e. The first-order valence-electron chi connectivity index (χ1n) is 4.49. The molecule has 15 heavy (non-hydrogen) atoms. The van der Waals surface area contributed by atoms with Gasteiger partial charge < -0.3 is 10.0 Å². The average molecular weight is 207 g/mol. The molecular weight excluding hydrogens is 194 g/mol. The Morgan fingerprint density at radius 3 is 2.27 bits per heavy atom. The quantitative estimate of drug-likeness (QED) is 0.766. The molecule has 0 fully saturated rings. The first kappa shape index (κ1) is 11.2. The average Bonchev–Trinajstić information content (AvgIpc) is 2.16. The number of nitrogens with zero attached hydrogens (tertiary/aromatic N) is 1. The number of anilines is 1. The van der Waals surface area contributed by atoms with E-state index < -0.39 is 5.97 Å². The highest BCUT2D eigenvalue weighted by molar-refractivity contribution is 5.99. The van der Waals surface area contributed by atoms with Crippen LogP contribution in [0.15, 0.2) is 18.2 Å². The van der Waals surface area contributed by atoms with Crippen molar-refractivity contribution >= 4 is 17.4 Å². The lowest BCUT2D eigenvalue weighted by atomic mass is 10.1. The van der Waals surface area contributed by atoms with E-state index in [-0.39, 0.29) is 11.3 Å². The van der Waals surface area contributed by atoms with Gasteiger partial charge in [0, 0.05) is 19.7 Å². The van der Waals surface area contributed by atoms with Crippen molar-refractivity contribution in [3.05, 3.63) is 29.3 Å². The van der Waals surface area contributed by atoms with Crippen molar-refractivity contribution in [1.29, 1.82) is 0 Å². The van der Waals surface area contributed by atoms with E-state index in [9.17, 15) is 9.59 Å². The van der Waals surface area contributed by atoms with E-state index in [4.69, 9.17) is 5.11 Å². The molecule has 80 valence electrons. The van der Waals surface area contributed by atoms with E-state index in [0.29, 0.717) is 11.3 Å². The number of carboxylic acid groups (broad SMARTS) is 1. The predicted molar refractivity (Wildman–Crippen MR) is 57.7 cm³/mol. The van der Waals surface area contributed by atoms with Gasteiger partial charge in [0.05, 0.1) is 11.3 Å². The maximum atomic E-state index is 11.1. The number of Topliss-reactive ketones (excluding diaryl/α,β-unsaturated/α-hetero) is 1. The summed E-state index contributed by atoms with van der Waals surface area (Å²) in [7, 11) is 3.48. The Morgan fingerprint density at radius 1 is 1.27 bits per heavy atom. The summed E-state index contributed by atoms with van der Waals surface area (Å²) in [5.74, 6) is -1.07. The Morgan fingerprint density at radius 2 is 1.87 bits per heavy atom. The van der Waals surface area contributed by atoms with Crippen molar-refractivity contribution in [2.75, 3.05) is 19.0 Å². The highest BCUT2D eigenvalue weighted by Gasteiger charge is 2.13. The molecule has 0 heterocycles. The zero-order valence-corrected chi connectivity index (χ0v) is 8.94. The summed E-state index contributed by atoms with van der Waals surface area (Å²) in [6, 6.07) is 4.57. The molecule has 0 spiro atoms. The minimum atomic E-state index is -0.992. The van der Waals surface area contributed by atoms with Gasteiger partial charge in [0.1, 0.15) is 0 Å². The number of benzene rings is 1. The van der Waals surface area contributed by atoms with Gasteiger partial charge in [-0.05, 0) is 19.1 Å². The van der Waals surface area contributed by atoms with Gasteiger partial charge in [0.15, 0.2) is 5.78 Å². The van der Waals surface area contributed by atoms with E-state index in [1.54, 1.807) is 25.1 Å². The predicted octanol–water partition coefficient (Wildman–Crippen LogP) is 1.65. The number of hydrogen-bond acceptors (Lipinski definition) is 3. The molecule has 0 aliphatic heterocycles.